The average Bonchev–Trinajstić information content (AvgIpc) is 2.62. The van der Waals surface area contributed by atoms with Crippen LogP contribution < -0.4 is 10.2 Å². The number of nitrogens with one attached hydrogen (secondary N) is 1. The molecule has 1 N–H and O–H groups in total. The van der Waals surface area contributed by atoms with E-state index in [4.69, 9.17) is 16.3 Å². The molecule has 2 aromatic rings. The molecule has 1 aliphatic heterocycles. The number of morpholine rings is 1. The molecule has 0 spiro atoms. The summed E-state index contributed by atoms with van der Waals surface area (Å²) >= 11 is 7.58. The summed E-state index contributed by atoms with van der Waals surface area (Å²) < 4.78 is 5.39. The van der Waals surface area contributed by atoms with E-state index in [-0.39, 0.29) is 5.91 Å². The standard InChI is InChI=1S/C17H18ClN3O2S/c18-13-1-2-16(21-7-9-23-10-8-21)15(11-13)20-17(22)12-24-14-3-5-19-6-4-14/h1-6,11H,7-10,12H2,(H,20,22). The van der Waals surface area contributed by atoms with E-state index < -0.39 is 0 Å². The van der Waals surface area contributed by atoms with Crippen LogP contribution in [0.15, 0.2) is 47.6 Å². The molecule has 1 fully saturated rings. The molecule has 3 rings (SSSR count). The van der Waals surface area contributed by atoms with Crippen molar-refractivity contribution in [2.75, 3.05) is 42.3 Å². The van der Waals surface area contributed by atoms with Gasteiger partial charge in [0.2, 0.25) is 5.91 Å². The van der Waals surface area contributed by atoms with Crippen LogP contribution in [0.3, 0.4) is 0 Å². The lowest BCUT2D eigenvalue weighted by atomic mass is 10.2. The summed E-state index contributed by atoms with van der Waals surface area (Å²) in [5.41, 5.74) is 1.72. The van der Waals surface area contributed by atoms with Crippen LogP contribution in [-0.2, 0) is 9.53 Å². The van der Waals surface area contributed by atoms with E-state index in [0.29, 0.717) is 24.0 Å². The quantitative estimate of drug-likeness (QED) is 0.826. The van der Waals surface area contributed by atoms with Gasteiger partial charge in [0.15, 0.2) is 0 Å². The number of pyridine rings is 1. The van der Waals surface area contributed by atoms with Crippen molar-refractivity contribution >= 4 is 40.6 Å². The minimum Gasteiger partial charge on any atom is -0.378 e. The summed E-state index contributed by atoms with van der Waals surface area (Å²) in [6.45, 7) is 2.98. The molecule has 0 radical (unpaired) electrons. The Kier molecular flexibility index (Phi) is 5.96. The highest BCUT2D eigenvalue weighted by molar-refractivity contribution is 8.00. The van der Waals surface area contributed by atoms with Crippen LogP contribution in [0.1, 0.15) is 0 Å². The first-order chi connectivity index (χ1) is 11.7. The number of hydrogen-bond donors (Lipinski definition) is 1. The van der Waals surface area contributed by atoms with Crippen molar-refractivity contribution < 1.29 is 9.53 Å². The highest BCUT2D eigenvalue weighted by Gasteiger charge is 2.16. The maximum Gasteiger partial charge on any atom is 0.234 e. The van der Waals surface area contributed by atoms with Gasteiger partial charge in [0.05, 0.1) is 30.3 Å². The number of rotatable bonds is 5. The molecule has 0 bridgehead atoms. The molecule has 24 heavy (non-hydrogen) atoms. The van der Waals surface area contributed by atoms with Gasteiger partial charge in [-0.2, -0.15) is 0 Å². The van der Waals surface area contributed by atoms with E-state index in [2.05, 4.69) is 15.2 Å². The van der Waals surface area contributed by atoms with Crippen molar-refractivity contribution in [1.82, 2.24) is 4.98 Å². The van der Waals surface area contributed by atoms with Crippen molar-refractivity contribution in [2.24, 2.45) is 0 Å². The van der Waals surface area contributed by atoms with Crippen molar-refractivity contribution in [2.45, 2.75) is 4.90 Å². The van der Waals surface area contributed by atoms with E-state index >= 15 is 0 Å². The summed E-state index contributed by atoms with van der Waals surface area (Å²) in [4.78, 5) is 19.5. The Morgan fingerprint density at radius 1 is 1.25 bits per heavy atom. The monoisotopic (exact) mass is 363 g/mol. The topological polar surface area (TPSA) is 54.5 Å². The highest BCUT2D eigenvalue weighted by atomic mass is 35.5. The smallest absolute Gasteiger partial charge is 0.234 e. The highest BCUT2D eigenvalue weighted by Crippen LogP contribution is 2.30. The van der Waals surface area contributed by atoms with Crippen LogP contribution in [0.5, 0.6) is 0 Å². The molecule has 1 aliphatic rings. The summed E-state index contributed by atoms with van der Waals surface area (Å²) in [7, 11) is 0. The fourth-order valence-corrected chi connectivity index (χ4v) is 3.31. The van der Waals surface area contributed by atoms with Crippen LogP contribution in [0.2, 0.25) is 5.02 Å². The number of aromatic nitrogens is 1. The largest absolute Gasteiger partial charge is 0.378 e. The Balaban J connectivity index is 1.66. The summed E-state index contributed by atoms with van der Waals surface area (Å²) in [6.07, 6.45) is 3.43. The van der Waals surface area contributed by atoms with Gasteiger partial charge in [0, 0.05) is 35.4 Å². The predicted octanol–water partition coefficient (Wildman–Crippen LogP) is 3.30. The second-order valence-electron chi connectivity index (χ2n) is 5.28. The Bertz CT molecular complexity index is 693. The molecule has 2 heterocycles. The van der Waals surface area contributed by atoms with E-state index in [1.54, 1.807) is 18.5 Å². The van der Waals surface area contributed by atoms with Crippen LogP contribution in [0.4, 0.5) is 11.4 Å². The normalized spacial score (nSPS) is 14.5. The van der Waals surface area contributed by atoms with Crippen molar-refractivity contribution in [1.29, 1.82) is 0 Å². The first-order valence-corrected chi connectivity index (χ1v) is 9.03. The van der Waals surface area contributed by atoms with Crippen LogP contribution >= 0.6 is 23.4 Å². The first-order valence-electron chi connectivity index (χ1n) is 7.67. The molecule has 1 aromatic heterocycles. The molecule has 0 aliphatic carbocycles. The van der Waals surface area contributed by atoms with E-state index in [1.807, 2.05) is 24.3 Å². The van der Waals surface area contributed by atoms with Crippen LogP contribution in [0.25, 0.3) is 0 Å². The zero-order chi connectivity index (χ0) is 16.8. The van der Waals surface area contributed by atoms with Crippen molar-refractivity contribution in [3.05, 3.63) is 47.7 Å². The van der Waals surface area contributed by atoms with Gasteiger partial charge in [0.1, 0.15) is 0 Å². The van der Waals surface area contributed by atoms with Gasteiger partial charge >= 0.3 is 0 Å². The number of halogens is 1. The third-order valence-electron chi connectivity index (χ3n) is 3.60. The lowest BCUT2D eigenvalue weighted by molar-refractivity contribution is -0.113. The van der Waals surface area contributed by atoms with Crippen LogP contribution in [-0.4, -0.2) is 42.9 Å². The fourth-order valence-electron chi connectivity index (χ4n) is 2.46. The van der Waals surface area contributed by atoms with Gasteiger partial charge in [-0.25, -0.2) is 0 Å². The third-order valence-corrected chi connectivity index (χ3v) is 4.85. The van der Waals surface area contributed by atoms with Gasteiger partial charge < -0.3 is 15.0 Å². The van der Waals surface area contributed by atoms with E-state index in [9.17, 15) is 4.79 Å². The lowest BCUT2D eigenvalue weighted by Gasteiger charge is -2.30. The van der Waals surface area contributed by atoms with Gasteiger partial charge in [-0.3, -0.25) is 9.78 Å². The van der Waals surface area contributed by atoms with Crippen molar-refractivity contribution in [3.63, 3.8) is 0 Å². The molecule has 126 valence electrons. The number of hydrogen-bond acceptors (Lipinski definition) is 5. The number of nitrogens with zero attached hydrogens (tertiary/aromatic N) is 2. The Morgan fingerprint density at radius 3 is 2.75 bits per heavy atom. The molecule has 0 saturated carbocycles. The first kappa shape index (κ1) is 17.1. The number of amides is 1. The van der Waals surface area contributed by atoms with Crippen molar-refractivity contribution in [3.8, 4) is 0 Å². The summed E-state index contributed by atoms with van der Waals surface area (Å²) in [5.74, 6) is 0.271. The molecule has 7 heteroatoms. The lowest BCUT2D eigenvalue weighted by Crippen LogP contribution is -2.36. The molecular weight excluding hydrogens is 346 g/mol. The molecule has 1 saturated heterocycles. The zero-order valence-corrected chi connectivity index (χ0v) is 14.6. The maximum atomic E-state index is 12.3. The third kappa shape index (κ3) is 4.63. The minimum absolute atomic E-state index is 0.0615. The predicted molar refractivity (Wildman–Crippen MR) is 98.1 cm³/mol. The van der Waals surface area contributed by atoms with Gasteiger partial charge in [0.25, 0.3) is 0 Å². The molecule has 5 nitrogen and oxygen atoms in total. The Morgan fingerprint density at radius 2 is 2.00 bits per heavy atom. The number of carbonyl (C=O) groups excluding carboxylic acids is 1. The number of ether oxygens (including phenoxy) is 1. The second kappa shape index (κ2) is 8.37. The SMILES string of the molecule is O=C(CSc1ccncc1)Nc1cc(Cl)ccc1N1CCOCC1. The number of thioether (sulfide) groups is 1. The fraction of sp³-hybridized carbons (Fsp3) is 0.294. The second-order valence-corrected chi connectivity index (χ2v) is 6.77. The summed E-state index contributed by atoms with van der Waals surface area (Å²) in [5, 5.41) is 3.58. The minimum atomic E-state index is -0.0615. The average molecular weight is 364 g/mol. The van der Waals surface area contributed by atoms with Gasteiger partial charge in [-0.15, -0.1) is 11.8 Å². The molecule has 0 unspecified atom stereocenters. The number of benzene rings is 1. The number of carbonyl (C=O) groups is 1. The molecule has 1 amide bonds. The maximum absolute atomic E-state index is 12.3. The summed E-state index contributed by atoms with van der Waals surface area (Å²) in [6, 6.07) is 9.35. The van der Waals surface area contributed by atoms with E-state index in [1.165, 1.54) is 11.8 Å². The van der Waals surface area contributed by atoms with Gasteiger partial charge in [-0.1, -0.05) is 11.6 Å². The zero-order valence-electron chi connectivity index (χ0n) is 13.1. The van der Waals surface area contributed by atoms with E-state index in [0.717, 1.165) is 29.4 Å². The molecule has 0 atom stereocenters. The number of anilines is 2. The van der Waals surface area contributed by atoms with Crippen LogP contribution in [0, 0.1) is 0 Å². The Labute approximate surface area is 150 Å². The Hall–Kier alpha value is -1.76. The molecule has 1 aromatic carbocycles. The molecular formula is C17H18ClN3O2S. The van der Waals surface area contributed by atoms with Gasteiger partial charge in [-0.05, 0) is 30.3 Å².